The summed E-state index contributed by atoms with van der Waals surface area (Å²) in [7, 11) is 0. The molecular formula is C16H24O2. The highest BCUT2D eigenvalue weighted by molar-refractivity contribution is 5.78. The number of rotatable bonds is 9. The Kier molecular flexibility index (Phi) is 7.16. The molecule has 0 radical (unpaired) electrons. The summed E-state index contributed by atoms with van der Waals surface area (Å²) < 4.78 is 0. The molecule has 1 N–H and O–H groups in total. The molecule has 2 heteroatoms. The normalized spacial score (nSPS) is 10.5. The summed E-state index contributed by atoms with van der Waals surface area (Å²) in [5.74, 6) is 0.639. The van der Waals surface area contributed by atoms with Gasteiger partial charge in [0.15, 0.2) is 0 Å². The zero-order valence-electron chi connectivity index (χ0n) is 11.3. The molecule has 0 saturated heterocycles. The summed E-state index contributed by atoms with van der Waals surface area (Å²) in [5.41, 5.74) is 1.12. The van der Waals surface area contributed by atoms with Gasteiger partial charge in [-0.3, -0.25) is 4.79 Å². The van der Waals surface area contributed by atoms with Crippen molar-refractivity contribution in [2.45, 2.75) is 58.3 Å². The Labute approximate surface area is 110 Å². The zero-order chi connectivity index (χ0) is 13.2. The highest BCUT2D eigenvalue weighted by atomic mass is 16.3. The van der Waals surface area contributed by atoms with Gasteiger partial charge in [0, 0.05) is 12.8 Å². The van der Waals surface area contributed by atoms with Gasteiger partial charge < -0.3 is 5.11 Å². The van der Waals surface area contributed by atoms with Crippen molar-refractivity contribution in [1.82, 2.24) is 0 Å². The molecule has 2 nitrogen and oxygen atoms in total. The van der Waals surface area contributed by atoms with E-state index in [2.05, 4.69) is 6.92 Å². The summed E-state index contributed by atoms with van der Waals surface area (Å²) >= 11 is 0. The molecule has 0 saturated carbocycles. The molecule has 0 atom stereocenters. The van der Waals surface area contributed by atoms with Crippen molar-refractivity contribution in [2.24, 2.45) is 0 Å². The molecule has 0 aliphatic rings. The average molecular weight is 248 g/mol. The highest BCUT2D eigenvalue weighted by Crippen LogP contribution is 2.12. The van der Waals surface area contributed by atoms with Crippen LogP contribution in [0.1, 0.15) is 57.4 Å². The van der Waals surface area contributed by atoms with Crippen LogP contribution in [0.25, 0.3) is 0 Å². The van der Waals surface area contributed by atoms with E-state index in [4.69, 9.17) is 5.11 Å². The molecule has 0 aromatic heterocycles. The van der Waals surface area contributed by atoms with Crippen LogP contribution in [0.3, 0.4) is 0 Å². The second kappa shape index (κ2) is 8.73. The van der Waals surface area contributed by atoms with Crippen LogP contribution in [-0.4, -0.2) is 10.9 Å². The lowest BCUT2D eigenvalue weighted by Crippen LogP contribution is -2.00. The van der Waals surface area contributed by atoms with E-state index in [1.165, 1.54) is 25.7 Å². The third kappa shape index (κ3) is 6.43. The molecule has 0 bridgehead atoms. The molecule has 18 heavy (non-hydrogen) atoms. The van der Waals surface area contributed by atoms with Crippen molar-refractivity contribution < 1.29 is 9.90 Å². The predicted octanol–water partition coefficient (Wildman–Crippen LogP) is 4.25. The highest BCUT2D eigenvalue weighted by Gasteiger charge is 2.02. The van der Waals surface area contributed by atoms with Crippen LogP contribution in [0.15, 0.2) is 24.3 Å². The lowest BCUT2D eigenvalue weighted by atomic mass is 10.0. The second-order valence-electron chi connectivity index (χ2n) is 4.87. The Morgan fingerprint density at radius 3 is 2.33 bits per heavy atom. The molecule has 0 unspecified atom stereocenters. The van der Waals surface area contributed by atoms with Crippen molar-refractivity contribution >= 4 is 5.78 Å². The Hall–Kier alpha value is -1.31. The topological polar surface area (TPSA) is 37.3 Å². The number of hydrogen-bond donors (Lipinski definition) is 1. The van der Waals surface area contributed by atoms with Gasteiger partial charge in [0.05, 0.1) is 0 Å². The molecule has 1 rings (SSSR count). The van der Waals surface area contributed by atoms with E-state index in [-0.39, 0.29) is 5.75 Å². The van der Waals surface area contributed by atoms with Crippen molar-refractivity contribution in [3.8, 4) is 5.75 Å². The first-order valence-electron chi connectivity index (χ1n) is 7.02. The van der Waals surface area contributed by atoms with Gasteiger partial charge >= 0.3 is 0 Å². The number of phenols is 1. The van der Waals surface area contributed by atoms with Gasteiger partial charge in [-0.2, -0.15) is 0 Å². The maximum Gasteiger partial charge on any atom is 0.133 e. The van der Waals surface area contributed by atoms with Crippen LogP contribution in [0, 0.1) is 0 Å². The van der Waals surface area contributed by atoms with E-state index in [0.29, 0.717) is 12.2 Å². The number of aromatic hydroxyl groups is 1. The summed E-state index contributed by atoms with van der Waals surface area (Å²) in [5, 5.41) is 9.15. The maximum atomic E-state index is 11.7. The number of carbonyl (C=O) groups is 1. The fourth-order valence-corrected chi connectivity index (χ4v) is 2.00. The number of carbonyl (C=O) groups excluding carboxylic acids is 1. The van der Waals surface area contributed by atoms with E-state index < -0.39 is 0 Å². The van der Waals surface area contributed by atoms with Crippen molar-refractivity contribution in [1.29, 1.82) is 0 Å². The second-order valence-corrected chi connectivity index (χ2v) is 4.87. The zero-order valence-corrected chi connectivity index (χ0v) is 11.3. The average Bonchev–Trinajstić information content (AvgIpc) is 2.38. The van der Waals surface area contributed by atoms with Gasteiger partial charge in [-0.1, -0.05) is 44.7 Å². The Morgan fingerprint density at radius 2 is 1.67 bits per heavy atom. The molecule has 0 aliphatic heterocycles. The fourth-order valence-electron chi connectivity index (χ4n) is 2.00. The van der Waals surface area contributed by atoms with Gasteiger partial charge in [0.2, 0.25) is 0 Å². The molecule has 0 spiro atoms. The monoisotopic (exact) mass is 248 g/mol. The first-order valence-corrected chi connectivity index (χ1v) is 7.02. The van der Waals surface area contributed by atoms with E-state index in [0.717, 1.165) is 24.8 Å². The van der Waals surface area contributed by atoms with Gasteiger partial charge in [-0.05, 0) is 30.5 Å². The van der Waals surface area contributed by atoms with Crippen LogP contribution in [-0.2, 0) is 11.2 Å². The summed E-state index contributed by atoms with van der Waals surface area (Å²) in [6, 6.07) is 7.10. The standard InChI is InChI=1S/C16H24O2/c1-2-3-4-5-6-7-15(17)11-8-14-9-12-16(18)13-10-14/h9-10,12-13,18H,2-8,11H2,1H3. The quantitative estimate of drug-likeness (QED) is 0.663. The number of Topliss-reactive ketones (excluding diaryl/α,β-unsaturated/α-hetero) is 1. The maximum absolute atomic E-state index is 11.7. The molecule has 0 heterocycles. The minimum Gasteiger partial charge on any atom is -0.508 e. The summed E-state index contributed by atoms with van der Waals surface area (Å²) in [6.45, 7) is 2.20. The van der Waals surface area contributed by atoms with Gasteiger partial charge in [-0.15, -0.1) is 0 Å². The third-order valence-electron chi connectivity index (χ3n) is 3.19. The van der Waals surface area contributed by atoms with Crippen molar-refractivity contribution in [3.05, 3.63) is 29.8 Å². The minimum atomic E-state index is 0.279. The number of phenolic OH excluding ortho intramolecular Hbond substituents is 1. The van der Waals surface area contributed by atoms with Gasteiger partial charge in [0.25, 0.3) is 0 Å². The van der Waals surface area contributed by atoms with E-state index >= 15 is 0 Å². The first-order chi connectivity index (χ1) is 8.72. The van der Waals surface area contributed by atoms with E-state index in [1.54, 1.807) is 12.1 Å². The molecule has 1 aromatic rings. The molecule has 100 valence electrons. The number of hydrogen-bond acceptors (Lipinski definition) is 2. The number of unbranched alkanes of at least 4 members (excludes halogenated alkanes) is 4. The fraction of sp³-hybridized carbons (Fsp3) is 0.562. The Bertz CT molecular complexity index is 341. The number of benzene rings is 1. The lowest BCUT2D eigenvalue weighted by molar-refractivity contribution is -0.119. The first kappa shape index (κ1) is 14.7. The Morgan fingerprint density at radius 1 is 1.00 bits per heavy atom. The number of ketones is 1. The van der Waals surface area contributed by atoms with Gasteiger partial charge in [-0.25, -0.2) is 0 Å². The summed E-state index contributed by atoms with van der Waals surface area (Å²) in [4.78, 5) is 11.7. The van der Waals surface area contributed by atoms with E-state index in [9.17, 15) is 4.79 Å². The van der Waals surface area contributed by atoms with Crippen molar-refractivity contribution in [2.75, 3.05) is 0 Å². The molecule has 0 aliphatic carbocycles. The summed E-state index contributed by atoms with van der Waals surface area (Å²) in [6.07, 6.45) is 8.12. The van der Waals surface area contributed by atoms with Gasteiger partial charge in [0.1, 0.15) is 11.5 Å². The molecule has 0 fully saturated rings. The van der Waals surface area contributed by atoms with E-state index in [1.807, 2.05) is 12.1 Å². The predicted molar refractivity (Wildman–Crippen MR) is 74.8 cm³/mol. The van der Waals surface area contributed by atoms with Crippen LogP contribution in [0.2, 0.25) is 0 Å². The molecule has 1 aromatic carbocycles. The van der Waals surface area contributed by atoms with Crippen LogP contribution < -0.4 is 0 Å². The number of aryl methyl sites for hydroxylation is 1. The van der Waals surface area contributed by atoms with Crippen molar-refractivity contribution in [3.63, 3.8) is 0 Å². The smallest absolute Gasteiger partial charge is 0.133 e. The minimum absolute atomic E-state index is 0.279. The largest absolute Gasteiger partial charge is 0.508 e. The molecular weight excluding hydrogens is 224 g/mol. The van der Waals surface area contributed by atoms with Crippen LogP contribution in [0.4, 0.5) is 0 Å². The van der Waals surface area contributed by atoms with Crippen LogP contribution >= 0.6 is 0 Å². The Balaban J connectivity index is 2.11. The molecule has 0 amide bonds. The third-order valence-corrected chi connectivity index (χ3v) is 3.19. The lowest BCUT2D eigenvalue weighted by Gasteiger charge is -2.02. The van der Waals surface area contributed by atoms with Crippen LogP contribution in [0.5, 0.6) is 5.75 Å². The SMILES string of the molecule is CCCCCCCC(=O)CCc1ccc(O)cc1.